The van der Waals surface area contributed by atoms with Crippen LogP contribution in [0.2, 0.25) is 0 Å². The summed E-state index contributed by atoms with van der Waals surface area (Å²) < 4.78 is 0. The van der Waals surface area contributed by atoms with Gasteiger partial charge in [-0.25, -0.2) is 9.78 Å². The molecule has 0 saturated heterocycles. The predicted octanol–water partition coefficient (Wildman–Crippen LogP) is 1.81. The van der Waals surface area contributed by atoms with Crippen LogP contribution in [0.4, 0.5) is 0 Å². The highest BCUT2D eigenvalue weighted by Crippen LogP contribution is 2.08. The summed E-state index contributed by atoms with van der Waals surface area (Å²) >= 11 is 1.63. The average Bonchev–Trinajstić information content (AvgIpc) is 2.92. The van der Waals surface area contributed by atoms with Crippen LogP contribution in [0.15, 0.2) is 35.7 Å². The normalized spacial score (nSPS) is 10.1. The van der Waals surface area contributed by atoms with E-state index < -0.39 is 5.97 Å². The van der Waals surface area contributed by atoms with Crippen molar-refractivity contribution in [3.63, 3.8) is 0 Å². The van der Waals surface area contributed by atoms with E-state index >= 15 is 0 Å². The van der Waals surface area contributed by atoms with Gasteiger partial charge in [-0.2, -0.15) is 0 Å². The third-order valence-electron chi connectivity index (χ3n) is 2.44. The number of nitrogens with one attached hydrogen (secondary N) is 1. The highest BCUT2D eigenvalue weighted by Gasteiger charge is 2.10. The van der Waals surface area contributed by atoms with Crippen molar-refractivity contribution < 1.29 is 14.7 Å². The Hall–Kier alpha value is -2.21. The molecule has 0 spiro atoms. The molecule has 2 aromatic rings. The maximum absolute atomic E-state index is 11.8. The number of pyridine rings is 1. The van der Waals surface area contributed by atoms with Gasteiger partial charge in [-0.05, 0) is 30.0 Å². The molecule has 0 fully saturated rings. The molecule has 0 bridgehead atoms. The Morgan fingerprint density at radius 3 is 2.68 bits per heavy atom. The quantitative estimate of drug-likeness (QED) is 0.873. The van der Waals surface area contributed by atoms with Crippen molar-refractivity contribution in [3.05, 3.63) is 52.0 Å². The molecule has 2 N–H and O–H groups in total. The van der Waals surface area contributed by atoms with Crippen LogP contribution in [0.1, 0.15) is 25.9 Å². The molecule has 0 saturated carbocycles. The van der Waals surface area contributed by atoms with Crippen LogP contribution in [0.3, 0.4) is 0 Å². The smallest absolute Gasteiger partial charge is 0.354 e. The molecule has 0 aliphatic rings. The summed E-state index contributed by atoms with van der Waals surface area (Å²) in [5.74, 6) is -1.51. The van der Waals surface area contributed by atoms with E-state index in [-0.39, 0.29) is 17.3 Å². The molecule has 19 heavy (non-hydrogen) atoms. The van der Waals surface area contributed by atoms with Gasteiger partial charge in [-0.1, -0.05) is 12.1 Å². The zero-order valence-electron chi connectivity index (χ0n) is 10.00. The molecule has 0 aromatic carbocycles. The summed E-state index contributed by atoms with van der Waals surface area (Å²) in [6.07, 6.45) is 0.752. The van der Waals surface area contributed by atoms with Gasteiger partial charge in [-0.15, -0.1) is 11.3 Å². The Balaban J connectivity index is 1.92. The zero-order chi connectivity index (χ0) is 13.7. The van der Waals surface area contributed by atoms with Gasteiger partial charge >= 0.3 is 5.97 Å². The number of aromatic nitrogens is 1. The zero-order valence-corrected chi connectivity index (χ0v) is 10.8. The number of thiophene rings is 1. The molecule has 0 radical (unpaired) electrons. The third-order valence-corrected chi connectivity index (χ3v) is 3.37. The van der Waals surface area contributed by atoms with Crippen LogP contribution >= 0.6 is 11.3 Å². The molecule has 98 valence electrons. The molecular formula is C13H12N2O3S. The van der Waals surface area contributed by atoms with Crippen molar-refractivity contribution in [1.29, 1.82) is 0 Å². The van der Waals surface area contributed by atoms with Crippen molar-refractivity contribution in [1.82, 2.24) is 10.3 Å². The SMILES string of the molecule is O=C(O)c1cccc(C(=O)NCCc2cccs2)n1. The fraction of sp³-hybridized carbons (Fsp3) is 0.154. The molecule has 2 rings (SSSR count). The Kier molecular flexibility index (Phi) is 4.25. The van der Waals surface area contributed by atoms with Gasteiger partial charge in [0.2, 0.25) is 0 Å². The number of carbonyl (C=O) groups is 2. The van der Waals surface area contributed by atoms with Gasteiger partial charge in [0, 0.05) is 11.4 Å². The molecule has 2 heterocycles. The van der Waals surface area contributed by atoms with Crippen molar-refractivity contribution in [3.8, 4) is 0 Å². The first-order valence-electron chi connectivity index (χ1n) is 5.68. The maximum atomic E-state index is 11.8. The number of hydrogen-bond acceptors (Lipinski definition) is 4. The Bertz CT molecular complexity index is 581. The van der Waals surface area contributed by atoms with Gasteiger partial charge in [0.15, 0.2) is 0 Å². The van der Waals surface area contributed by atoms with Crippen LogP contribution in [0, 0.1) is 0 Å². The monoisotopic (exact) mass is 276 g/mol. The first-order valence-corrected chi connectivity index (χ1v) is 6.56. The van der Waals surface area contributed by atoms with Gasteiger partial charge in [0.05, 0.1) is 0 Å². The second-order valence-corrected chi connectivity index (χ2v) is 4.83. The van der Waals surface area contributed by atoms with Crippen LogP contribution in [0.25, 0.3) is 0 Å². The van der Waals surface area contributed by atoms with E-state index in [0.29, 0.717) is 6.54 Å². The van der Waals surface area contributed by atoms with Crippen molar-refractivity contribution in [2.45, 2.75) is 6.42 Å². The summed E-state index contributed by atoms with van der Waals surface area (Å²) in [4.78, 5) is 27.5. The Morgan fingerprint density at radius 2 is 2.00 bits per heavy atom. The lowest BCUT2D eigenvalue weighted by atomic mass is 10.3. The number of hydrogen-bond donors (Lipinski definition) is 2. The van der Waals surface area contributed by atoms with Crippen LogP contribution in [-0.2, 0) is 6.42 Å². The number of carboxylic acids is 1. The Labute approximate surface area is 113 Å². The standard InChI is InChI=1S/C13H12N2O3S/c16-12(14-7-6-9-3-2-8-19-9)10-4-1-5-11(15-10)13(17)18/h1-5,8H,6-7H2,(H,14,16)(H,17,18). The Morgan fingerprint density at radius 1 is 1.21 bits per heavy atom. The molecule has 5 nitrogen and oxygen atoms in total. The summed E-state index contributed by atoms with van der Waals surface area (Å²) in [5.41, 5.74) is -0.0167. The summed E-state index contributed by atoms with van der Waals surface area (Å²) in [6, 6.07) is 8.31. The molecular weight excluding hydrogens is 264 g/mol. The molecule has 0 aliphatic heterocycles. The van der Waals surface area contributed by atoms with Gasteiger partial charge in [0.25, 0.3) is 5.91 Å². The minimum absolute atomic E-state index is 0.117. The second kappa shape index (κ2) is 6.10. The van der Waals surface area contributed by atoms with E-state index in [0.717, 1.165) is 6.42 Å². The second-order valence-electron chi connectivity index (χ2n) is 3.80. The average molecular weight is 276 g/mol. The van der Waals surface area contributed by atoms with E-state index in [1.54, 1.807) is 11.3 Å². The topological polar surface area (TPSA) is 79.3 Å². The fourth-order valence-electron chi connectivity index (χ4n) is 1.52. The predicted molar refractivity (Wildman–Crippen MR) is 71.6 cm³/mol. The molecule has 2 aromatic heterocycles. The fourth-order valence-corrected chi connectivity index (χ4v) is 2.23. The molecule has 0 unspecified atom stereocenters. The summed E-state index contributed by atoms with van der Waals surface area (Å²) in [5, 5.41) is 13.5. The number of rotatable bonds is 5. The minimum Gasteiger partial charge on any atom is -0.477 e. The molecule has 1 amide bonds. The molecule has 6 heteroatoms. The van der Waals surface area contributed by atoms with E-state index in [2.05, 4.69) is 10.3 Å². The lowest BCUT2D eigenvalue weighted by Gasteiger charge is -2.04. The number of carbonyl (C=O) groups excluding carboxylic acids is 1. The number of amides is 1. The van der Waals surface area contributed by atoms with Crippen LogP contribution in [-0.4, -0.2) is 28.5 Å². The lowest BCUT2D eigenvalue weighted by Crippen LogP contribution is -2.26. The first-order chi connectivity index (χ1) is 9.16. The highest BCUT2D eigenvalue weighted by atomic mass is 32.1. The van der Waals surface area contributed by atoms with Crippen LogP contribution < -0.4 is 5.32 Å². The maximum Gasteiger partial charge on any atom is 0.354 e. The largest absolute Gasteiger partial charge is 0.477 e. The summed E-state index contributed by atoms with van der Waals surface area (Å²) in [7, 11) is 0. The van der Waals surface area contributed by atoms with Gasteiger partial charge in [-0.3, -0.25) is 4.79 Å². The first kappa shape index (κ1) is 13.2. The lowest BCUT2D eigenvalue weighted by molar-refractivity contribution is 0.0690. The van der Waals surface area contributed by atoms with Gasteiger partial charge in [0.1, 0.15) is 11.4 Å². The van der Waals surface area contributed by atoms with Crippen molar-refractivity contribution >= 4 is 23.2 Å². The highest BCUT2D eigenvalue weighted by molar-refractivity contribution is 7.09. The number of carboxylic acid groups (broad SMARTS) is 1. The number of nitrogens with zero attached hydrogens (tertiary/aromatic N) is 1. The van der Waals surface area contributed by atoms with Crippen molar-refractivity contribution in [2.75, 3.05) is 6.54 Å². The minimum atomic E-state index is -1.15. The van der Waals surface area contributed by atoms with Gasteiger partial charge < -0.3 is 10.4 Å². The summed E-state index contributed by atoms with van der Waals surface area (Å²) in [6.45, 7) is 0.498. The van der Waals surface area contributed by atoms with E-state index in [9.17, 15) is 9.59 Å². The number of aromatic carboxylic acids is 1. The van der Waals surface area contributed by atoms with E-state index in [4.69, 9.17) is 5.11 Å². The van der Waals surface area contributed by atoms with E-state index in [1.165, 1.54) is 23.1 Å². The third kappa shape index (κ3) is 3.62. The van der Waals surface area contributed by atoms with Crippen LogP contribution in [0.5, 0.6) is 0 Å². The van der Waals surface area contributed by atoms with Crippen molar-refractivity contribution in [2.24, 2.45) is 0 Å². The molecule has 0 atom stereocenters. The van der Waals surface area contributed by atoms with E-state index in [1.807, 2.05) is 17.5 Å². The molecule has 0 aliphatic carbocycles.